The number of pyridine rings is 1. The van der Waals surface area contributed by atoms with Crippen molar-refractivity contribution in [2.24, 2.45) is 0 Å². The molecule has 0 saturated heterocycles. The molecule has 0 bridgehead atoms. The van der Waals surface area contributed by atoms with Crippen LogP contribution in [0.4, 0.5) is 22.7 Å². The lowest BCUT2D eigenvalue weighted by Gasteiger charge is -2.25. The maximum absolute atomic E-state index is 13.6. The summed E-state index contributed by atoms with van der Waals surface area (Å²) in [6.07, 6.45) is 0. The Morgan fingerprint density at radius 1 is 0.439 bits per heavy atom. The van der Waals surface area contributed by atoms with Crippen molar-refractivity contribution in [2.45, 2.75) is 0 Å². The van der Waals surface area contributed by atoms with E-state index in [2.05, 4.69) is 75.9 Å². The Morgan fingerprint density at radius 2 is 0.902 bits per heavy atom. The fourth-order valence-corrected chi connectivity index (χ4v) is 5.48. The molecule has 0 aliphatic carbocycles. The van der Waals surface area contributed by atoms with E-state index in [9.17, 15) is 4.79 Å². The molecule has 0 spiro atoms. The van der Waals surface area contributed by atoms with Crippen molar-refractivity contribution in [3.8, 4) is 16.8 Å². The van der Waals surface area contributed by atoms with Crippen LogP contribution in [0, 0.1) is 0 Å². The summed E-state index contributed by atoms with van der Waals surface area (Å²) in [6, 6.07) is 50.8. The molecule has 0 amide bonds. The highest BCUT2D eigenvalue weighted by Crippen LogP contribution is 2.43. The van der Waals surface area contributed by atoms with Crippen molar-refractivity contribution >= 4 is 44.6 Å². The molecule has 0 atom stereocenters. The number of aromatic nitrogens is 1. The summed E-state index contributed by atoms with van der Waals surface area (Å²) in [5, 5.41) is 8.86. The highest BCUT2D eigenvalue weighted by Gasteiger charge is 2.20. The minimum absolute atomic E-state index is 0.0357. The van der Waals surface area contributed by atoms with E-state index < -0.39 is 0 Å². The second-order valence-corrected chi connectivity index (χ2v) is 9.93. The van der Waals surface area contributed by atoms with Crippen LogP contribution in [-0.2, 0) is 0 Å². The van der Waals surface area contributed by atoms with E-state index in [1.54, 1.807) is 0 Å². The third kappa shape index (κ3) is 4.52. The fourth-order valence-electron chi connectivity index (χ4n) is 5.48. The number of para-hydroxylation sites is 4. The predicted octanol–water partition coefficient (Wildman–Crippen LogP) is 9.30. The van der Waals surface area contributed by atoms with Gasteiger partial charge in [-0.2, -0.15) is 0 Å². The molecular weight excluding hydrogens is 502 g/mol. The van der Waals surface area contributed by atoms with E-state index in [0.717, 1.165) is 50.6 Å². The first kappa shape index (κ1) is 24.4. The molecule has 0 aliphatic rings. The van der Waals surface area contributed by atoms with Gasteiger partial charge < -0.3 is 15.2 Å². The van der Waals surface area contributed by atoms with Gasteiger partial charge in [-0.25, -0.2) is 0 Å². The minimum Gasteiger partial charge on any atom is -0.353 e. The van der Waals surface area contributed by atoms with E-state index in [-0.39, 0.29) is 5.43 Å². The van der Waals surface area contributed by atoms with Gasteiger partial charge in [-0.1, -0.05) is 97.1 Å². The van der Waals surface area contributed by atoms with Crippen LogP contribution < -0.4 is 16.1 Å². The van der Waals surface area contributed by atoms with Gasteiger partial charge in [-0.15, -0.1) is 0 Å². The van der Waals surface area contributed by atoms with Crippen molar-refractivity contribution in [2.75, 3.05) is 10.6 Å². The smallest absolute Gasteiger partial charge is 0.197 e. The Balaban J connectivity index is 1.60. The number of fused-ring (bicyclic) bond motifs is 2. The number of nitrogens with one attached hydrogen (secondary N) is 2. The van der Waals surface area contributed by atoms with Crippen LogP contribution in [0.5, 0.6) is 0 Å². The molecule has 0 saturated carbocycles. The average molecular weight is 530 g/mol. The van der Waals surface area contributed by atoms with Crippen molar-refractivity contribution in [1.82, 2.24) is 4.57 Å². The van der Waals surface area contributed by atoms with Gasteiger partial charge >= 0.3 is 0 Å². The minimum atomic E-state index is 0.0357. The largest absolute Gasteiger partial charge is 0.353 e. The molecule has 4 nitrogen and oxygen atoms in total. The molecule has 0 unspecified atom stereocenters. The van der Waals surface area contributed by atoms with Crippen LogP contribution in [0.25, 0.3) is 38.6 Å². The molecule has 1 heterocycles. The number of hydrogen-bond donors (Lipinski definition) is 2. The number of nitrogens with zero attached hydrogens (tertiary/aromatic N) is 1. The molecule has 4 heteroatoms. The second-order valence-electron chi connectivity index (χ2n) is 9.93. The van der Waals surface area contributed by atoms with Gasteiger partial charge in [0.2, 0.25) is 0 Å². The normalized spacial score (nSPS) is 11.0. The molecule has 2 N–H and O–H groups in total. The molecule has 6 aromatic carbocycles. The molecule has 41 heavy (non-hydrogen) atoms. The third-order valence-corrected chi connectivity index (χ3v) is 7.37. The highest BCUT2D eigenvalue weighted by atomic mass is 16.1. The lowest BCUT2D eigenvalue weighted by molar-refractivity contribution is 1.16. The van der Waals surface area contributed by atoms with Crippen molar-refractivity contribution in [3.05, 3.63) is 162 Å². The zero-order valence-corrected chi connectivity index (χ0v) is 22.3. The van der Waals surface area contributed by atoms with Gasteiger partial charge in [0.25, 0.3) is 0 Å². The molecular formula is C37H27N3O. The van der Waals surface area contributed by atoms with Crippen molar-refractivity contribution in [1.29, 1.82) is 0 Å². The first-order chi connectivity index (χ1) is 20.3. The van der Waals surface area contributed by atoms with Gasteiger partial charge in [0.1, 0.15) is 0 Å². The van der Waals surface area contributed by atoms with Gasteiger partial charge in [-0.05, 0) is 60.2 Å². The molecule has 0 radical (unpaired) electrons. The first-order valence-electron chi connectivity index (χ1n) is 13.7. The zero-order valence-electron chi connectivity index (χ0n) is 22.3. The Bertz CT molecular complexity index is 1990. The first-order valence-corrected chi connectivity index (χ1v) is 13.7. The van der Waals surface area contributed by atoms with E-state index in [1.807, 2.05) is 91.0 Å². The van der Waals surface area contributed by atoms with E-state index in [0.29, 0.717) is 10.8 Å². The monoisotopic (exact) mass is 529 g/mol. The van der Waals surface area contributed by atoms with Crippen LogP contribution >= 0.6 is 0 Å². The maximum atomic E-state index is 13.6. The standard InChI is InChI=1S/C37H27N3O/c41-37-30-20-10-12-22-32(30)40(33-23-13-11-21-31(33)37)34-25-24-29(26-14-4-1-5-15-26)35(38-27-16-6-2-7-17-27)36(34)39-28-18-8-3-9-19-28/h1-25,38-39H. The van der Waals surface area contributed by atoms with Crippen LogP contribution in [0.15, 0.2) is 156 Å². The quantitative estimate of drug-likeness (QED) is 0.211. The van der Waals surface area contributed by atoms with E-state index in [1.165, 1.54) is 0 Å². The fraction of sp³-hybridized carbons (Fsp3) is 0. The van der Waals surface area contributed by atoms with Gasteiger partial charge in [0.05, 0.1) is 28.1 Å². The Kier molecular flexibility index (Phi) is 6.26. The van der Waals surface area contributed by atoms with Crippen LogP contribution in [-0.4, -0.2) is 4.57 Å². The average Bonchev–Trinajstić information content (AvgIpc) is 3.04. The van der Waals surface area contributed by atoms with Gasteiger partial charge in [0.15, 0.2) is 5.43 Å². The summed E-state index contributed by atoms with van der Waals surface area (Å²) in [6.45, 7) is 0. The summed E-state index contributed by atoms with van der Waals surface area (Å²) in [5.41, 5.74) is 8.62. The van der Waals surface area contributed by atoms with Crippen LogP contribution in [0.2, 0.25) is 0 Å². The summed E-state index contributed by atoms with van der Waals surface area (Å²) in [5.74, 6) is 0. The number of rotatable bonds is 6. The summed E-state index contributed by atoms with van der Waals surface area (Å²) < 4.78 is 2.20. The van der Waals surface area contributed by atoms with Crippen molar-refractivity contribution < 1.29 is 0 Å². The summed E-state index contributed by atoms with van der Waals surface area (Å²) in [4.78, 5) is 13.6. The van der Waals surface area contributed by atoms with E-state index >= 15 is 0 Å². The molecule has 0 aliphatic heterocycles. The Labute approximate surface area is 238 Å². The molecule has 1 aromatic heterocycles. The maximum Gasteiger partial charge on any atom is 0.197 e. The molecule has 7 rings (SSSR count). The third-order valence-electron chi connectivity index (χ3n) is 7.37. The number of benzene rings is 6. The summed E-state index contributed by atoms with van der Waals surface area (Å²) >= 11 is 0. The number of anilines is 4. The van der Waals surface area contributed by atoms with Crippen LogP contribution in [0.3, 0.4) is 0 Å². The topological polar surface area (TPSA) is 46.1 Å². The molecule has 0 fully saturated rings. The molecule has 7 aromatic rings. The Morgan fingerprint density at radius 3 is 1.46 bits per heavy atom. The number of hydrogen-bond acceptors (Lipinski definition) is 3. The predicted molar refractivity (Wildman–Crippen MR) is 172 cm³/mol. The second kappa shape index (κ2) is 10.5. The molecule has 196 valence electrons. The SMILES string of the molecule is O=c1c2ccccc2n(-c2ccc(-c3ccccc3)c(Nc3ccccc3)c2Nc2ccccc2)c2ccccc12. The zero-order chi connectivity index (χ0) is 27.6. The lowest BCUT2D eigenvalue weighted by atomic mass is 9.99. The Hall–Kier alpha value is -5.61. The summed E-state index contributed by atoms with van der Waals surface area (Å²) in [7, 11) is 0. The van der Waals surface area contributed by atoms with Gasteiger partial charge in [0, 0.05) is 27.7 Å². The van der Waals surface area contributed by atoms with E-state index in [4.69, 9.17) is 0 Å². The van der Waals surface area contributed by atoms with Crippen LogP contribution in [0.1, 0.15) is 0 Å². The van der Waals surface area contributed by atoms with Crippen molar-refractivity contribution in [3.63, 3.8) is 0 Å². The lowest BCUT2D eigenvalue weighted by Crippen LogP contribution is -2.12. The highest BCUT2D eigenvalue weighted by molar-refractivity contribution is 6.00. The van der Waals surface area contributed by atoms with Gasteiger partial charge in [-0.3, -0.25) is 4.79 Å².